The van der Waals surface area contributed by atoms with E-state index in [4.69, 9.17) is 5.10 Å². The molecule has 4 nitrogen and oxygen atoms in total. The maximum atomic E-state index is 13.0. The minimum Gasteiger partial charge on any atom is -0.347 e. The molecule has 28 heavy (non-hydrogen) atoms. The van der Waals surface area contributed by atoms with Gasteiger partial charge in [-0.25, -0.2) is 4.68 Å². The number of nitrogens with zero attached hydrogens (tertiary/aromatic N) is 2. The number of nitrogens with one attached hydrogen (secondary N) is 1. The summed E-state index contributed by atoms with van der Waals surface area (Å²) in [5, 5.41) is 7.71. The molecular formula is C24H21N3O. The van der Waals surface area contributed by atoms with Crippen molar-refractivity contribution >= 4 is 5.91 Å². The third-order valence-corrected chi connectivity index (χ3v) is 4.59. The molecular weight excluding hydrogens is 346 g/mol. The van der Waals surface area contributed by atoms with Gasteiger partial charge in [-0.1, -0.05) is 78.4 Å². The molecule has 1 amide bonds. The molecule has 0 aliphatic carbocycles. The normalized spacial score (nSPS) is 10.6. The van der Waals surface area contributed by atoms with E-state index in [1.54, 1.807) is 4.68 Å². The van der Waals surface area contributed by atoms with Crippen LogP contribution in [0.2, 0.25) is 0 Å². The molecule has 0 bridgehead atoms. The van der Waals surface area contributed by atoms with Crippen molar-refractivity contribution in [2.45, 2.75) is 13.5 Å². The Morgan fingerprint density at radius 2 is 1.54 bits per heavy atom. The Labute approximate surface area is 164 Å². The maximum absolute atomic E-state index is 13.0. The molecule has 0 fully saturated rings. The lowest BCUT2D eigenvalue weighted by Crippen LogP contribution is -2.25. The number of amides is 1. The lowest BCUT2D eigenvalue weighted by Gasteiger charge is -2.09. The van der Waals surface area contributed by atoms with Crippen molar-refractivity contribution in [3.8, 4) is 16.9 Å². The van der Waals surface area contributed by atoms with Gasteiger partial charge in [-0.05, 0) is 30.7 Å². The van der Waals surface area contributed by atoms with Gasteiger partial charge in [0.1, 0.15) is 5.69 Å². The zero-order chi connectivity index (χ0) is 19.3. The van der Waals surface area contributed by atoms with E-state index >= 15 is 0 Å². The van der Waals surface area contributed by atoms with Gasteiger partial charge in [0.2, 0.25) is 0 Å². The second-order valence-electron chi connectivity index (χ2n) is 6.70. The second kappa shape index (κ2) is 7.92. The van der Waals surface area contributed by atoms with Crippen molar-refractivity contribution in [3.05, 3.63) is 108 Å². The molecule has 1 N–H and O–H groups in total. The molecule has 4 aromatic rings. The highest BCUT2D eigenvalue weighted by molar-refractivity contribution is 5.94. The average molecular weight is 367 g/mol. The molecule has 0 aliphatic heterocycles. The van der Waals surface area contributed by atoms with Gasteiger partial charge in [0, 0.05) is 12.1 Å². The van der Waals surface area contributed by atoms with Crippen molar-refractivity contribution in [1.82, 2.24) is 15.1 Å². The molecule has 0 spiro atoms. The van der Waals surface area contributed by atoms with E-state index in [0.717, 1.165) is 28.1 Å². The minimum absolute atomic E-state index is 0.154. The first-order valence-electron chi connectivity index (χ1n) is 9.25. The summed E-state index contributed by atoms with van der Waals surface area (Å²) in [5.41, 5.74) is 5.34. The van der Waals surface area contributed by atoms with Crippen LogP contribution in [0.3, 0.4) is 0 Å². The second-order valence-corrected chi connectivity index (χ2v) is 6.70. The first-order valence-corrected chi connectivity index (χ1v) is 9.25. The third-order valence-electron chi connectivity index (χ3n) is 4.59. The molecule has 4 rings (SSSR count). The van der Waals surface area contributed by atoms with Gasteiger partial charge in [0.25, 0.3) is 5.91 Å². The van der Waals surface area contributed by atoms with Crippen molar-refractivity contribution in [1.29, 1.82) is 0 Å². The van der Waals surface area contributed by atoms with Crippen LogP contribution in [0.15, 0.2) is 91.0 Å². The zero-order valence-corrected chi connectivity index (χ0v) is 15.7. The van der Waals surface area contributed by atoms with Crippen LogP contribution in [0.4, 0.5) is 0 Å². The smallest absolute Gasteiger partial charge is 0.270 e. The van der Waals surface area contributed by atoms with E-state index in [0.29, 0.717) is 12.2 Å². The summed E-state index contributed by atoms with van der Waals surface area (Å²) in [6.07, 6.45) is 0. The molecule has 0 aliphatic rings. The van der Waals surface area contributed by atoms with Crippen molar-refractivity contribution in [3.63, 3.8) is 0 Å². The number of aryl methyl sites for hydroxylation is 1. The topological polar surface area (TPSA) is 46.9 Å². The number of benzene rings is 3. The van der Waals surface area contributed by atoms with Crippen LogP contribution in [-0.4, -0.2) is 15.7 Å². The van der Waals surface area contributed by atoms with Gasteiger partial charge in [-0.15, -0.1) is 0 Å². The monoisotopic (exact) mass is 367 g/mol. The Hall–Kier alpha value is -3.66. The molecule has 3 aromatic carbocycles. The standard InChI is InChI=1S/C24H21N3O/c1-18-12-14-21(15-13-18)27-23(16-22(26-27)20-10-6-3-7-11-20)24(28)25-17-19-8-4-2-5-9-19/h2-16H,17H2,1H3,(H,25,28). The Kier molecular flexibility index (Phi) is 5.02. The number of rotatable bonds is 5. The lowest BCUT2D eigenvalue weighted by molar-refractivity contribution is 0.0943. The highest BCUT2D eigenvalue weighted by Gasteiger charge is 2.17. The van der Waals surface area contributed by atoms with Gasteiger partial charge in [-0.3, -0.25) is 4.79 Å². The predicted octanol–water partition coefficient (Wildman–Crippen LogP) is 4.78. The third kappa shape index (κ3) is 3.86. The fourth-order valence-electron chi connectivity index (χ4n) is 3.04. The highest BCUT2D eigenvalue weighted by atomic mass is 16.2. The first-order chi connectivity index (χ1) is 13.7. The molecule has 0 atom stereocenters. The highest BCUT2D eigenvalue weighted by Crippen LogP contribution is 2.22. The quantitative estimate of drug-likeness (QED) is 0.552. The summed E-state index contributed by atoms with van der Waals surface area (Å²) in [4.78, 5) is 13.0. The van der Waals surface area contributed by atoms with E-state index in [-0.39, 0.29) is 5.91 Å². The summed E-state index contributed by atoms with van der Waals surface area (Å²) in [6.45, 7) is 2.51. The number of carbonyl (C=O) groups is 1. The SMILES string of the molecule is Cc1ccc(-n2nc(-c3ccccc3)cc2C(=O)NCc2ccccc2)cc1. The van der Waals surface area contributed by atoms with E-state index < -0.39 is 0 Å². The van der Waals surface area contributed by atoms with Crippen LogP contribution >= 0.6 is 0 Å². The van der Waals surface area contributed by atoms with Crippen molar-refractivity contribution in [2.75, 3.05) is 0 Å². The Morgan fingerprint density at radius 3 is 2.21 bits per heavy atom. The van der Waals surface area contributed by atoms with Crippen LogP contribution in [-0.2, 0) is 6.54 Å². The summed E-state index contributed by atoms with van der Waals surface area (Å²) in [5.74, 6) is -0.154. The summed E-state index contributed by atoms with van der Waals surface area (Å²) < 4.78 is 1.71. The number of carbonyl (C=O) groups excluding carboxylic acids is 1. The summed E-state index contributed by atoms with van der Waals surface area (Å²) >= 11 is 0. The van der Waals surface area contributed by atoms with Gasteiger partial charge in [0.05, 0.1) is 11.4 Å². The predicted molar refractivity (Wildman–Crippen MR) is 111 cm³/mol. The molecule has 1 aromatic heterocycles. The summed E-state index contributed by atoms with van der Waals surface area (Å²) in [6, 6.07) is 29.6. The molecule has 4 heteroatoms. The Morgan fingerprint density at radius 1 is 0.893 bits per heavy atom. The van der Waals surface area contributed by atoms with Crippen LogP contribution in [0.25, 0.3) is 16.9 Å². The molecule has 0 unspecified atom stereocenters. The van der Waals surface area contributed by atoms with E-state index in [1.165, 1.54) is 0 Å². The van der Waals surface area contributed by atoms with Crippen LogP contribution in [0.1, 0.15) is 21.6 Å². The molecule has 0 radical (unpaired) electrons. The fourth-order valence-corrected chi connectivity index (χ4v) is 3.04. The zero-order valence-electron chi connectivity index (χ0n) is 15.7. The number of hydrogen-bond donors (Lipinski definition) is 1. The van der Waals surface area contributed by atoms with Gasteiger partial charge < -0.3 is 5.32 Å². The average Bonchev–Trinajstić information content (AvgIpc) is 3.19. The van der Waals surface area contributed by atoms with Crippen LogP contribution in [0.5, 0.6) is 0 Å². The Bertz CT molecular complexity index is 1070. The van der Waals surface area contributed by atoms with Crippen LogP contribution < -0.4 is 5.32 Å². The fraction of sp³-hybridized carbons (Fsp3) is 0.0833. The minimum atomic E-state index is -0.154. The summed E-state index contributed by atoms with van der Waals surface area (Å²) in [7, 11) is 0. The van der Waals surface area contributed by atoms with Gasteiger partial charge in [0.15, 0.2) is 0 Å². The van der Waals surface area contributed by atoms with Crippen LogP contribution in [0, 0.1) is 6.92 Å². The Balaban J connectivity index is 1.68. The molecule has 1 heterocycles. The number of aromatic nitrogens is 2. The van der Waals surface area contributed by atoms with Gasteiger partial charge >= 0.3 is 0 Å². The van der Waals surface area contributed by atoms with Crippen molar-refractivity contribution in [2.24, 2.45) is 0 Å². The largest absolute Gasteiger partial charge is 0.347 e. The van der Waals surface area contributed by atoms with E-state index in [1.807, 2.05) is 97.9 Å². The maximum Gasteiger partial charge on any atom is 0.270 e. The lowest BCUT2D eigenvalue weighted by atomic mass is 10.1. The number of hydrogen-bond acceptors (Lipinski definition) is 2. The molecule has 0 saturated carbocycles. The molecule has 138 valence electrons. The van der Waals surface area contributed by atoms with Crippen molar-refractivity contribution < 1.29 is 4.79 Å². The van der Waals surface area contributed by atoms with E-state index in [2.05, 4.69) is 5.32 Å². The van der Waals surface area contributed by atoms with E-state index in [9.17, 15) is 4.79 Å². The molecule has 0 saturated heterocycles. The first kappa shape index (κ1) is 17.7. The van der Waals surface area contributed by atoms with Gasteiger partial charge in [-0.2, -0.15) is 5.10 Å².